The highest BCUT2D eigenvalue weighted by Gasteiger charge is 2.35. The van der Waals surface area contributed by atoms with Gasteiger partial charge in [0.1, 0.15) is 17.9 Å². The van der Waals surface area contributed by atoms with Crippen LogP contribution in [-0.4, -0.2) is 58.5 Å². The predicted molar refractivity (Wildman–Crippen MR) is 247 cm³/mol. The molecule has 0 atom stereocenters. The standard InChI is InChI=1S/C47H30Br4N2O10/c48-28-19-30(50)34(52-32-9-11-36(54)42-40(32)44(58)24-5-1-3-7-26(24)46(42)60)17-22(28)13-15-62-38(56)21-39(57)63-16-14-23-18-35(31(51)20-29(23)49)53-33-10-12-37(55)43-41(33)45(59)25-6-2-4-8-27(25)47(43)61/h1-12,17-20,52-55H,13-16,21H2. The fraction of sp³-hybridized carbons (Fsp3) is 0.106. The molecule has 0 spiro atoms. The zero-order chi connectivity index (χ0) is 44.7. The summed E-state index contributed by atoms with van der Waals surface area (Å²) in [6.45, 7) is -0.134. The molecule has 0 saturated carbocycles. The Balaban J connectivity index is 0.864. The summed E-state index contributed by atoms with van der Waals surface area (Å²) in [5.41, 5.74) is 4.00. The number of carbonyl (C=O) groups is 6. The van der Waals surface area contributed by atoms with Gasteiger partial charge in [-0.2, -0.15) is 0 Å². The number of fused-ring (bicyclic) bond motifs is 4. The first-order valence-corrected chi connectivity index (χ1v) is 22.3. The SMILES string of the molecule is O=C(CC(=O)OCCc1cc(Nc2ccc(O)c3c2C(=O)c2ccccc2C3=O)c(Br)cc1Br)OCCc1cc(Nc2ccc(O)c3c2C(=O)c2ccccc2C3=O)c(Br)cc1Br. The fourth-order valence-electron chi connectivity index (χ4n) is 7.44. The molecule has 63 heavy (non-hydrogen) atoms. The van der Waals surface area contributed by atoms with Gasteiger partial charge in [-0.25, -0.2) is 0 Å². The van der Waals surface area contributed by atoms with E-state index in [0.29, 0.717) is 40.6 Å². The van der Waals surface area contributed by atoms with Gasteiger partial charge < -0.3 is 30.3 Å². The average molecular weight is 1100 g/mol. The van der Waals surface area contributed by atoms with E-state index < -0.39 is 41.5 Å². The molecule has 0 amide bonds. The molecular formula is C47H30Br4N2O10. The highest BCUT2D eigenvalue weighted by Crippen LogP contribution is 2.42. The van der Waals surface area contributed by atoms with E-state index in [1.165, 1.54) is 24.3 Å². The molecule has 6 aromatic carbocycles. The number of halogens is 4. The van der Waals surface area contributed by atoms with Crippen LogP contribution < -0.4 is 10.6 Å². The lowest BCUT2D eigenvalue weighted by Gasteiger charge is -2.22. The second kappa shape index (κ2) is 18.0. The second-order valence-corrected chi connectivity index (χ2v) is 17.8. The minimum Gasteiger partial charge on any atom is -0.507 e. The van der Waals surface area contributed by atoms with Crippen molar-refractivity contribution in [2.24, 2.45) is 0 Å². The van der Waals surface area contributed by atoms with E-state index in [1.807, 2.05) is 0 Å². The number of rotatable bonds is 12. The maximum absolute atomic E-state index is 13.6. The lowest BCUT2D eigenvalue weighted by molar-refractivity contribution is -0.154. The van der Waals surface area contributed by atoms with Crippen molar-refractivity contribution in [3.63, 3.8) is 0 Å². The first-order chi connectivity index (χ1) is 30.2. The number of hydrogen-bond acceptors (Lipinski definition) is 12. The lowest BCUT2D eigenvalue weighted by Crippen LogP contribution is -2.22. The van der Waals surface area contributed by atoms with E-state index >= 15 is 0 Å². The number of carbonyl (C=O) groups excluding carboxylic acids is 6. The minimum atomic E-state index is -0.782. The third kappa shape index (κ3) is 8.60. The first kappa shape index (κ1) is 43.7. The van der Waals surface area contributed by atoms with Crippen LogP contribution in [-0.2, 0) is 31.9 Å². The summed E-state index contributed by atoms with van der Waals surface area (Å²) >= 11 is 14.1. The Bertz CT molecular complexity index is 2790. The molecule has 4 N–H and O–H groups in total. The number of phenols is 2. The Morgan fingerprint density at radius 1 is 0.460 bits per heavy atom. The summed E-state index contributed by atoms with van der Waals surface area (Å²) in [6, 6.07) is 25.7. The van der Waals surface area contributed by atoms with Gasteiger partial charge in [-0.1, -0.05) is 80.4 Å². The molecule has 0 radical (unpaired) electrons. The highest BCUT2D eigenvalue weighted by atomic mass is 79.9. The van der Waals surface area contributed by atoms with Crippen LogP contribution in [0.25, 0.3) is 0 Å². The number of ether oxygens (including phenoxy) is 2. The van der Waals surface area contributed by atoms with Crippen LogP contribution in [0.3, 0.4) is 0 Å². The Morgan fingerprint density at radius 2 is 0.810 bits per heavy atom. The molecule has 0 aromatic heterocycles. The molecule has 16 heteroatoms. The monoisotopic (exact) mass is 1100 g/mol. The van der Waals surface area contributed by atoms with Crippen molar-refractivity contribution in [2.45, 2.75) is 19.3 Å². The maximum atomic E-state index is 13.6. The first-order valence-electron chi connectivity index (χ1n) is 19.1. The molecule has 0 fully saturated rings. The van der Waals surface area contributed by atoms with Gasteiger partial charge in [-0.05, 0) is 91.5 Å². The molecule has 0 unspecified atom stereocenters. The van der Waals surface area contributed by atoms with E-state index in [4.69, 9.17) is 9.47 Å². The van der Waals surface area contributed by atoms with Crippen molar-refractivity contribution in [3.05, 3.63) is 171 Å². The van der Waals surface area contributed by atoms with Gasteiger partial charge in [0.05, 0.1) is 58.2 Å². The minimum absolute atomic E-state index is 0.0519. The summed E-state index contributed by atoms with van der Waals surface area (Å²) in [5.74, 6) is -3.90. The highest BCUT2D eigenvalue weighted by molar-refractivity contribution is 9.11. The number of ketones is 4. The maximum Gasteiger partial charge on any atom is 0.317 e. The number of esters is 2. The van der Waals surface area contributed by atoms with Crippen molar-refractivity contribution in [1.82, 2.24) is 0 Å². The summed E-state index contributed by atoms with van der Waals surface area (Å²) in [7, 11) is 0. The van der Waals surface area contributed by atoms with Gasteiger partial charge in [0.2, 0.25) is 0 Å². The Hall–Kier alpha value is -5.94. The predicted octanol–water partition coefficient (Wildman–Crippen LogP) is 10.4. The molecular weight excluding hydrogens is 1070 g/mol. The number of hydrogen-bond donors (Lipinski definition) is 4. The van der Waals surface area contributed by atoms with E-state index in [-0.39, 0.29) is 82.1 Å². The molecule has 0 aliphatic heterocycles. The smallest absolute Gasteiger partial charge is 0.317 e. The fourth-order valence-corrected chi connectivity index (χ4v) is 10.0. The van der Waals surface area contributed by atoms with E-state index in [9.17, 15) is 39.0 Å². The largest absolute Gasteiger partial charge is 0.507 e. The van der Waals surface area contributed by atoms with Crippen LogP contribution in [0.5, 0.6) is 11.5 Å². The van der Waals surface area contributed by atoms with Crippen molar-refractivity contribution >= 4 is 122 Å². The number of aromatic hydroxyl groups is 2. The third-order valence-electron chi connectivity index (χ3n) is 10.5. The number of anilines is 4. The zero-order valence-corrected chi connectivity index (χ0v) is 38.8. The molecule has 0 heterocycles. The van der Waals surface area contributed by atoms with Crippen molar-refractivity contribution < 1.29 is 48.5 Å². The second-order valence-electron chi connectivity index (χ2n) is 14.4. The van der Waals surface area contributed by atoms with E-state index in [0.717, 1.165) is 11.1 Å². The molecule has 8 rings (SSSR count). The quantitative estimate of drug-likeness (QED) is 0.0516. The van der Waals surface area contributed by atoms with Gasteiger partial charge in [0, 0.05) is 53.0 Å². The van der Waals surface area contributed by atoms with Crippen LogP contribution in [0.1, 0.15) is 81.2 Å². The average Bonchev–Trinajstić information content (AvgIpc) is 3.25. The zero-order valence-electron chi connectivity index (χ0n) is 32.4. The van der Waals surface area contributed by atoms with E-state index in [1.54, 1.807) is 72.8 Å². The molecule has 6 aromatic rings. The van der Waals surface area contributed by atoms with Crippen LogP contribution >= 0.6 is 63.7 Å². The van der Waals surface area contributed by atoms with Gasteiger partial charge in [0.15, 0.2) is 23.1 Å². The Kier molecular flexibility index (Phi) is 12.5. The van der Waals surface area contributed by atoms with Crippen LogP contribution in [0, 0.1) is 0 Å². The summed E-state index contributed by atoms with van der Waals surface area (Å²) in [6.07, 6.45) is -0.118. The summed E-state index contributed by atoms with van der Waals surface area (Å²) in [4.78, 5) is 79.1. The Morgan fingerprint density at radius 3 is 1.17 bits per heavy atom. The van der Waals surface area contributed by atoms with Gasteiger partial charge >= 0.3 is 11.9 Å². The number of phenolic OH excluding ortho intramolecular Hbond substituents is 2. The van der Waals surface area contributed by atoms with Crippen LogP contribution in [0.2, 0.25) is 0 Å². The van der Waals surface area contributed by atoms with Gasteiger partial charge in [-0.3, -0.25) is 28.8 Å². The van der Waals surface area contributed by atoms with Gasteiger partial charge in [-0.15, -0.1) is 0 Å². The Labute approximate surface area is 392 Å². The summed E-state index contributed by atoms with van der Waals surface area (Å²) < 4.78 is 13.4. The molecule has 2 aliphatic carbocycles. The topological polar surface area (TPSA) is 185 Å². The lowest BCUT2D eigenvalue weighted by atomic mass is 9.82. The normalized spacial score (nSPS) is 12.5. The summed E-state index contributed by atoms with van der Waals surface area (Å²) in [5, 5.41) is 27.6. The number of nitrogens with one attached hydrogen (secondary N) is 2. The van der Waals surface area contributed by atoms with Crippen molar-refractivity contribution in [3.8, 4) is 11.5 Å². The van der Waals surface area contributed by atoms with Crippen molar-refractivity contribution in [1.29, 1.82) is 0 Å². The molecule has 316 valence electrons. The van der Waals surface area contributed by atoms with Gasteiger partial charge in [0.25, 0.3) is 0 Å². The molecule has 12 nitrogen and oxygen atoms in total. The molecule has 2 aliphatic rings. The van der Waals surface area contributed by atoms with Crippen LogP contribution in [0.4, 0.5) is 22.7 Å². The third-order valence-corrected chi connectivity index (χ3v) is 13.3. The molecule has 0 bridgehead atoms. The van der Waals surface area contributed by atoms with Crippen molar-refractivity contribution in [2.75, 3.05) is 23.8 Å². The number of benzene rings is 6. The van der Waals surface area contributed by atoms with E-state index in [2.05, 4.69) is 74.4 Å². The van der Waals surface area contributed by atoms with Crippen LogP contribution in [0.15, 0.2) is 115 Å². The molecule has 0 saturated heterocycles.